The lowest BCUT2D eigenvalue weighted by Gasteiger charge is -2.07. The highest BCUT2D eigenvalue weighted by Crippen LogP contribution is 2.12. The molecule has 2 aromatic rings. The van der Waals surface area contributed by atoms with Gasteiger partial charge in [-0.1, -0.05) is 12.1 Å². The monoisotopic (exact) mass is 329 g/mol. The van der Waals surface area contributed by atoms with Gasteiger partial charge in [0.1, 0.15) is 5.75 Å². The van der Waals surface area contributed by atoms with Crippen LogP contribution in [0.3, 0.4) is 0 Å². The van der Waals surface area contributed by atoms with Crippen LogP contribution in [0.5, 0.6) is 11.6 Å². The highest BCUT2D eigenvalue weighted by Gasteiger charge is 2.13. The Morgan fingerprint density at radius 1 is 1.00 bits per heavy atom. The summed E-state index contributed by atoms with van der Waals surface area (Å²) in [6.07, 6.45) is 2.04. The van der Waals surface area contributed by atoms with Crippen LogP contribution in [0.25, 0.3) is 0 Å². The summed E-state index contributed by atoms with van der Waals surface area (Å²) < 4.78 is 10.00. The first-order valence-electron chi connectivity index (χ1n) is 7.34. The second-order valence-corrected chi connectivity index (χ2v) is 4.90. The fourth-order valence-corrected chi connectivity index (χ4v) is 1.96. The van der Waals surface area contributed by atoms with Gasteiger partial charge in [-0.2, -0.15) is 0 Å². The van der Waals surface area contributed by atoms with Gasteiger partial charge < -0.3 is 20.1 Å². The number of carbonyl (C=O) groups is 2. The summed E-state index contributed by atoms with van der Waals surface area (Å²) in [6.45, 7) is 0.361. The largest absolute Gasteiger partial charge is 0.497 e. The summed E-state index contributed by atoms with van der Waals surface area (Å²) in [7, 11) is 3.10. The molecule has 7 heteroatoms. The summed E-state index contributed by atoms with van der Waals surface area (Å²) >= 11 is 0. The van der Waals surface area contributed by atoms with E-state index in [0.717, 1.165) is 11.3 Å². The number of nitrogens with zero attached hydrogens (tertiary/aromatic N) is 1. The van der Waals surface area contributed by atoms with E-state index in [2.05, 4.69) is 15.6 Å². The van der Waals surface area contributed by atoms with Gasteiger partial charge in [0.05, 0.1) is 26.1 Å². The second kappa shape index (κ2) is 8.52. The molecule has 2 rings (SSSR count). The Bertz CT molecular complexity index is 684. The Morgan fingerprint density at radius 3 is 2.33 bits per heavy atom. The van der Waals surface area contributed by atoms with Crippen molar-refractivity contribution >= 4 is 17.5 Å². The molecule has 0 aliphatic heterocycles. The number of benzene rings is 1. The number of ether oxygens (including phenoxy) is 2. The molecule has 0 atom stereocenters. The average molecular weight is 329 g/mol. The van der Waals surface area contributed by atoms with Gasteiger partial charge >= 0.3 is 11.8 Å². The Morgan fingerprint density at radius 2 is 1.75 bits per heavy atom. The van der Waals surface area contributed by atoms with Crippen molar-refractivity contribution in [2.45, 2.75) is 6.42 Å². The number of aromatic nitrogens is 1. The molecule has 1 heterocycles. The number of carbonyl (C=O) groups excluding carboxylic acids is 2. The zero-order valence-corrected chi connectivity index (χ0v) is 13.5. The lowest BCUT2D eigenvalue weighted by molar-refractivity contribution is -0.136. The van der Waals surface area contributed by atoms with Gasteiger partial charge in [0.2, 0.25) is 5.88 Å². The molecule has 0 radical (unpaired) electrons. The number of hydrogen-bond donors (Lipinski definition) is 2. The van der Waals surface area contributed by atoms with Crippen molar-refractivity contribution < 1.29 is 19.1 Å². The molecule has 2 amide bonds. The quantitative estimate of drug-likeness (QED) is 0.782. The van der Waals surface area contributed by atoms with Crippen LogP contribution in [0.2, 0.25) is 0 Å². The van der Waals surface area contributed by atoms with Crippen LogP contribution in [-0.2, 0) is 16.0 Å². The van der Waals surface area contributed by atoms with Crippen molar-refractivity contribution in [3.63, 3.8) is 0 Å². The molecule has 126 valence electrons. The van der Waals surface area contributed by atoms with Gasteiger partial charge in [0.15, 0.2) is 0 Å². The first kappa shape index (κ1) is 17.3. The number of rotatable bonds is 6. The van der Waals surface area contributed by atoms with Crippen LogP contribution in [-0.4, -0.2) is 37.6 Å². The number of methoxy groups -OCH3 is 2. The molecule has 0 aliphatic rings. The van der Waals surface area contributed by atoms with Crippen LogP contribution < -0.4 is 20.1 Å². The molecule has 0 fully saturated rings. The lowest BCUT2D eigenvalue weighted by atomic mass is 10.1. The molecule has 0 bridgehead atoms. The summed E-state index contributed by atoms with van der Waals surface area (Å²) in [6, 6.07) is 10.7. The maximum absolute atomic E-state index is 11.8. The molecule has 2 N–H and O–H groups in total. The topological polar surface area (TPSA) is 89.5 Å². The van der Waals surface area contributed by atoms with Crippen molar-refractivity contribution in [1.82, 2.24) is 10.3 Å². The standard InChI is InChI=1S/C17H19N3O4/c1-23-14-6-3-12(4-7-14)9-10-18-16(21)17(22)20-13-5-8-15(24-2)19-11-13/h3-8,11H,9-10H2,1-2H3,(H,18,21)(H,20,22). The summed E-state index contributed by atoms with van der Waals surface area (Å²) in [5.41, 5.74) is 1.46. The van der Waals surface area contributed by atoms with E-state index < -0.39 is 11.8 Å². The third kappa shape index (κ3) is 4.98. The Labute approximate surface area is 140 Å². The normalized spacial score (nSPS) is 9.92. The van der Waals surface area contributed by atoms with Crippen LogP contribution >= 0.6 is 0 Å². The minimum atomic E-state index is -0.739. The zero-order chi connectivity index (χ0) is 17.4. The first-order chi connectivity index (χ1) is 11.6. The van der Waals surface area contributed by atoms with E-state index in [4.69, 9.17) is 9.47 Å². The van der Waals surface area contributed by atoms with E-state index in [9.17, 15) is 9.59 Å². The second-order valence-electron chi connectivity index (χ2n) is 4.90. The van der Waals surface area contributed by atoms with E-state index in [-0.39, 0.29) is 0 Å². The van der Waals surface area contributed by atoms with Crippen molar-refractivity contribution in [2.75, 3.05) is 26.1 Å². The van der Waals surface area contributed by atoms with E-state index in [1.165, 1.54) is 13.3 Å². The molecule has 1 aromatic carbocycles. The highest BCUT2D eigenvalue weighted by molar-refractivity contribution is 6.39. The molecule has 0 spiro atoms. The zero-order valence-electron chi connectivity index (χ0n) is 13.5. The molecule has 24 heavy (non-hydrogen) atoms. The predicted molar refractivity (Wildman–Crippen MR) is 89.1 cm³/mol. The average Bonchev–Trinajstić information content (AvgIpc) is 2.62. The maximum Gasteiger partial charge on any atom is 0.313 e. The fraction of sp³-hybridized carbons (Fsp3) is 0.235. The van der Waals surface area contributed by atoms with Crippen LogP contribution in [0.15, 0.2) is 42.6 Å². The van der Waals surface area contributed by atoms with Crippen LogP contribution in [0, 0.1) is 0 Å². The third-order valence-corrected chi connectivity index (χ3v) is 3.27. The minimum absolute atomic E-state index is 0.361. The van der Waals surface area contributed by atoms with Crippen molar-refractivity contribution in [1.29, 1.82) is 0 Å². The maximum atomic E-state index is 11.8. The Kier molecular flexibility index (Phi) is 6.13. The smallest absolute Gasteiger partial charge is 0.313 e. The molecular formula is C17H19N3O4. The van der Waals surface area contributed by atoms with Gasteiger partial charge in [-0.3, -0.25) is 9.59 Å². The lowest BCUT2D eigenvalue weighted by Crippen LogP contribution is -2.36. The molecular weight excluding hydrogens is 310 g/mol. The van der Waals surface area contributed by atoms with Crippen molar-refractivity contribution in [2.24, 2.45) is 0 Å². The van der Waals surface area contributed by atoms with Gasteiger partial charge in [-0.15, -0.1) is 0 Å². The highest BCUT2D eigenvalue weighted by atomic mass is 16.5. The number of anilines is 1. The number of pyridine rings is 1. The van der Waals surface area contributed by atoms with E-state index in [0.29, 0.717) is 24.5 Å². The number of hydrogen-bond acceptors (Lipinski definition) is 5. The van der Waals surface area contributed by atoms with Gasteiger partial charge in [-0.05, 0) is 30.2 Å². The van der Waals surface area contributed by atoms with Crippen molar-refractivity contribution in [3.05, 3.63) is 48.2 Å². The molecule has 0 aliphatic carbocycles. The van der Waals surface area contributed by atoms with Gasteiger partial charge in [0.25, 0.3) is 0 Å². The Balaban J connectivity index is 1.77. The van der Waals surface area contributed by atoms with Crippen LogP contribution in [0.1, 0.15) is 5.56 Å². The molecule has 0 saturated heterocycles. The third-order valence-electron chi connectivity index (χ3n) is 3.27. The molecule has 7 nitrogen and oxygen atoms in total. The summed E-state index contributed by atoms with van der Waals surface area (Å²) in [5, 5.41) is 5.05. The van der Waals surface area contributed by atoms with Gasteiger partial charge in [0, 0.05) is 12.6 Å². The fourth-order valence-electron chi connectivity index (χ4n) is 1.96. The molecule has 1 aromatic heterocycles. The SMILES string of the molecule is COc1ccc(CCNC(=O)C(=O)Nc2ccc(OC)nc2)cc1. The Hall–Kier alpha value is -3.09. The first-order valence-corrected chi connectivity index (χ1v) is 7.34. The minimum Gasteiger partial charge on any atom is -0.497 e. The number of amides is 2. The summed E-state index contributed by atoms with van der Waals surface area (Å²) in [5.74, 6) is -0.233. The molecule has 0 unspecified atom stereocenters. The van der Waals surface area contributed by atoms with E-state index in [1.54, 1.807) is 19.2 Å². The molecule has 0 saturated carbocycles. The van der Waals surface area contributed by atoms with Crippen LogP contribution in [0.4, 0.5) is 5.69 Å². The van der Waals surface area contributed by atoms with Gasteiger partial charge in [-0.25, -0.2) is 4.98 Å². The van der Waals surface area contributed by atoms with E-state index in [1.807, 2.05) is 24.3 Å². The predicted octanol–water partition coefficient (Wildman–Crippen LogP) is 1.40. The van der Waals surface area contributed by atoms with Crippen molar-refractivity contribution in [3.8, 4) is 11.6 Å². The van der Waals surface area contributed by atoms with E-state index >= 15 is 0 Å². The summed E-state index contributed by atoms with van der Waals surface area (Å²) in [4.78, 5) is 27.5. The number of nitrogens with one attached hydrogen (secondary N) is 2.